The number of urea groups is 1. The Labute approximate surface area is 216 Å². The minimum absolute atomic E-state index is 0.0146. The number of aryl methyl sites for hydroxylation is 1. The van der Waals surface area contributed by atoms with E-state index in [1.807, 2.05) is 12.1 Å². The Kier molecular flexibility index (Phi) is 8.11. The Hall–Kier alpha value is -1.77. The second-order valence-corrected chi connectivity index (χ2v) is 9.65. The molecular formula is C22H15Br2Cl3N2O3. The number of benzene rings is 3. The summed E-state index contributed by atoms with van der Waals surface area (Å²) >= 11 is 25.4. The van der Waals surface area contributed by atoms with Gasteiger partial charge in [-0.1, -0.05) is 56.8 Å². The standard InChI is InChI=1S/C22H15Br2Cl3N2O3/c1-10-8-16(28-22(31)29-21(30)18-14(25)4-3-5-15(18)26)11(2)19(27)20(10)32-17-7-6-12(23)9-13(17)24/h3-9H,1-2H3,(H2,28,29,30,31). The maximum absolute atomic E-state index is 12.4. The molecule has 0 aliphatic carbocycles. The molecule has 0 radical (unpaired) electrons. The highest BCUT2D eigenvalue weighted by Gasteiger charge is 2.20. The maximum Gasteiger partial charge on any atom is 0.326 e. The van der Waals surface area contributed by atoms with Crippen LogP contribution < -0.4 is 15.4 Å². The number of ether oxygens (including phenoxy) is 1. The molecule has 0 unspecified atom stereocenters. The van der Waals surface area contributed by atoms with Gasteiger partial charge in [-0.3, -0.25) is 10.1 Å². The number of amides is 3. The number of carbonyl (C=O) groups is 2. The number of nitrogens with one attached hydrogen (secondary N) is 2. The van der Waals surface area contributed by atoms with Gasteiger partial charge in [0.15, 0.2) is 0 Å². The summed E-state index contributed by atoms with van der Waals surface area (Å²) in [6.45, 7) is 3.53. The molecule has 0 aliphatic rings. The van der Waals surface area contributed by atoms with E-state index in [2.05, 4.69) is 42.5 Å². The van der Waals surface area contributed by atoms with E-state index in [0.29, 0.717) is 33.3 Å². The summed E-state index contributed by atoms with van der Waals surface area (Å²) in [5.74, 6) is 0.314. The normalized spacial score (nSPS) is 10.6. The maximum atomic E-state index is 12.4. The Bertz CT molecular complexity index is 1220. The summed E-state index contributed by atoms with van der Waals surface area (Å²) in [5.41, 5.74) is 1.69. The first kappa shape index (κ1) is 24.9. The van der Waals surface area contributed by atoms with Gasteiger partial charge < -0.3 is 10.1 Å². The van der Waals surface area contributed by atoms with Gasteiger partial charge in [0.2, 0.25) is 0 Å². The molecule has 2 N–H and O–H groups in total. The van der Waals surface area contributed by atoms with Crippen LogP contribution in [-0.4, -0.2) is 11.9 Å². The molecule has 10 heteroatoms. The van der Waals surface area contributed by atoms with Crippen LogP contribution in [0, 0.1) is 13.8 Å². The van der Waals surface area contributed by atoms with Crippen molar-refractivity contribution in [2.24, 2.45) is 0 Å². The monoisotopic (exact) mass is 618 g/mol. The highest BCUT2D eigenvalue weighted by atomic mass is 79.9. The lowest BCUT2D eigenvalue weighted by Gasteiger charge is -2.17. The zero-order valence-corrected chi connectivity index (χ0v) is 22.1. The van der Waals surface area contributed by atoms with Crippen LogP contribution in [0.1, 0.15) is 21.5 Å². The van der Waals surface area contributed by atoms with Crippen LogP contribution in [0.15, 0.2) is 51.4 Å². The summed E-state index contributed by atoms with van der Waals surface area (Å²) in [6, 6.07) is 11.1. The molecule has 0 atom stereocenters. The van der Waals surface area contributed by atoms with Gasteiger partial charge in [-0.05, 0) is 77.3 Å². The predicted molar refractivity (Wildman–Crippen MR) is 136 cm³/mol. The molecule has 3 amide bonds. The first-order valence-electron chi connectivity index (χ1n) is 9.07. The average molecular weight is 622 g/mol. The van der Waals surface area contributed by atoms with Crippen molar-refractivity contribution in [2.45, 2.75) is 13.8 Å². The molecule has 166 valence electrons. The Morgan fingerprint density at radius 3 is 2.25 bits per heavy atom. The predicted octanol–water partition coefficient (Wildman–Crippen LogP) is 8.54. The van der Waals surface area contributed by atoms with Gasteiger partial charge in [-0.2, -0.15) is 0 Å². The van der Waals surface area contributed by atoms with E-state index in [0.717, 1.165) is 8.95 Å². The van der Waals surface area contributed by atoms with E-state index >= 15 is 0 Å². The summed E-state index contributed by atoms with van der Waals surface area (Å²) in [7, 11) is 0. The summed E-state index contributed by atoms with van der Waals surface area (Å²) < 4.78 is 7.65. The number of rotatable bonds is 4. The third kappa shape index (κ3) is 5.58. The third-order valence-electron chi connectivity index (χ3n) is 4.42. The molecule has 3 rings (SSSR count). The van der Waals surface area contributed by atoms with Gasteiger partial charge in [0, 0.05) is 10.2 Å². The Balaban J connectivity index is 1.80. The topological polar surface area (TPSA) is 67.4 Å². The Morgan fingerprint density at radius 2 is 1.62 bits per heavy atom. The zero-order chi connectivity index (χ0) is 23.6. The first-order valence-corrected chi connectivity index (χ1v) is 11.8. The van der Waals surface area contributed by atoms with Crippen molar-refractivity contribution >= 4 is 84.3 Å². The molecule has 0 saturated heterocycles. The van der Waals surface area contributed by atoms with E-state index < -0.39 is 11.9 Å². The molecular weight excluding hydrogens is 606 g/mol. The van der Waals surface area contributed by atoms with Gasteiger partial charge >= 0.3 is 6.03 Å². The smallest absolute Gasteiger partial charge is 0.326 e. The van der Waals surface area contributed by atoms with Gasteiger partial charge in [-0.15, -0.1) is 0 Å². The largest absolute Gasteiger partial charge is 0.454 e. The zero-order valence-electron chi connectivity index (χ0n) is 16.7. The van der Waals surface area contributed by atoms with Crippen molar-refractivity contribution in [3.8, 4) is 11.5 Å². The van der Waals surface area contributed by atoms with Gasteiger partial charge in [0.1, 0.15) is 11.5 Å². The van der Waals surface area contributed by atoms with Crippen LogP contribution in [0.3, 0.4) is 0 Å². The third-order valence-corrected chi connectivity index (χ3v) is 6.62. The minimum atomic E-state index is -0.756. The molecule has 3 aromatic rings. The fourth-order valence-electron chi connectivity index (χ4n) is 2.81. The summed E-state index contributed by atoms with van der Waals surface area (Å²) in [4.78, 5) is 24.9. The van der Waals surface area contributed by atoms with Crippen molar-refractivity contribution in [1.82, 2.24) is 5.32 Å². The van der Waals surface area contributed by atoms with E-state index in [-0.39, 0.29) is 15.6 Å². The SMILES string of the molecule is Cc1cc(NC(=O)NC(=O)c2c(Cl)cccc2Cl)c(C)c(Cl)c1Oc1ccc(Br)cc1Br. The second kappa shape index (κ2) is 10.4. The van der Waals surface area contributed by atoms with E-state index in [1.165, 1.54) is 12.1 Å². The average Bonchev–Trinajstić information content (AvgIpc) is 2.70. The molecule has 0 aliphatic heterocycles. The van der Waals surface area contributed by atoms with Gasteiger partial charge in [-0.25, -0.2) is 4.79 Å². The molecule has 0 heterocycles. The van der Waals surface area contributed by atoms with Crippen LogP contribution in [0.2, 0.25) is 15.1 Å². The molecule has 0 bridgehead atoms. The van der Waals surface area contributed by atoms with E-state index in [4.69, 9.17) is 39.5 Å². The number of halogens is 5. The lowest BCUT2D eigenvalue weighted by Crippen LogP contribution is -2.34. The highest BCUT2D eigenvalue weighted by Crippen LogP contribution is 2.41. The summed E-state index contributed by atoms with van der Waals surface area (Å²) in [5, 5.41) is 5.45. The van der Waals surface area contributed by atoms with Gasteiger partial charge in [0.05, 0.1) is 25.1 Å². The van der Waals surface area contributed by atoms with Crippen molar-refractivity contribution in [1.29, 1.82) is 0 Å². The molecule has 32 heavy (non-hydrogen) atoms. The first-order chi connectivity index (χ1) is 15.1. The number of carbonyl (C=O) groups excluding carboxylic acids is 2. The van der Waals surface area contributed by atoms with Crippen LogP contribution in [-0.2, 0) is 0 Å². The van der Waals surface area contributed by atoms with Crippen molar-refractivity contribution in [3.05, 3.63) is 83.2 Å². The fourth-order valence-corrected chi connectivity index (χ4v) is 4.80. The van der Waals surface area contributed by atoms with Gasteiger partial charge in [0.25, 0.3) is 5.91 Å². The second-order valence-electron chi connectivity index (χ2n) is 6.69. The van der Waals surface area contributed by atoms with E-state index in [1.54, 1.807) is 32.0 Å². The number of hydrogen-bond donors (Lipinski definition) is 2. The Morgan fingerprint density at radius 1 is 0.969 bits per heavy atom. The van der Waals surface area contributed by atoms with Crippen LogP contribution >= 0.6 is 66.7 Å². The fraction of sp³-hybridized carbons (Fsp3) is 0.0909. The molecule has 0 aromatic heterocycles. The number of hydrogen-bond acceptors (Lipinski definition) is 3. The quantitative estimate of drug-likeness (QED) is 0.307. The molecule has 3 aromatic carbocycles. The van der Waals surface area contributed by atoms with Crippen LogP contribution in [0.4, 0.5) is 10.5 Å². The van der Waals surface area contributed by atoms with Crippen molar-refractivity contribution in [2.75, 3.05) is 5.32 Å². The summed E-state index contributed by atoms with van der Waals surface area (Å²) in [6.07, 6.45) is 0. The molecule has 5 nitrogen and oxygen atoms in total. The van der Waals surface area contributed by atoms with Crippen LogP contribution in [0.5, 0.6) is 11.5 Å². The minimum Gasteiger partial charge on any atom is -0.454 e. The highest BCUT2D eigenvalue weighted by molar-refractivity contribution is 9.11. The number of imide groups is 1. The van der Waals surface area contributed by atoms with Crippen LogP contribution in [0.25, 0.3) is 0 Å². The lowest BCUT2D eigenvalue weighted by molar-refractivity contribution is 0.0967. The number of anilines is 1. The molecule has 0 fully saturated rings. The van der Waals surface area contributed by atoms with Crippen molar-refractivity contribution < 1.29 is 14.3 Å². The molecule has 0 spiro atoms. The lowest BCUT2D eigenvalue weighted by atomic mass is 10.1. The van der Waals surface area contributed by atoms with Crippen molar-refractivity contribution in [3.63, 3.8) is 0 Å². The van der Waals surface area contributed by atoms with E-state index in [9.17, 15) is 9.59 Å². The molecule has 0 saturated carbocycles.